The molecule has 13 heteroatoms. The van der Waals surface area contributed by atoms with Crippen LogP contribution in [0.15, 0.2) is 24.3 Å². The van der Waals surface area contributed by atoms with Gasteiger partial charge in [-0.05, 0) is 56.1 Å². The highest BCUT2D eigenvalue weighted by molar-refractivity contribution is 5.99. The Morgan fingerprint density at radius 2 is 1.61 bits per heavy atom. The van der Waals surface area contributed by atoms with Gasteiger partial charge in [0.2, 0.25) is 29.5 Å². The lowest BCUT2D eigenvalue weighted by molar-refractivity contribution is -0.146. The maximum absolute atomic E-state index is 13.9. The molecule has 2 aliphatic heterocycles. The smallest absolute Gasteiger partial charge is 0.305 e. The molecular weight excluding hydrogens is 568 g/mol. The molecule has 1 saturated carbocycles. The van der Waals surface area contributed by atoms with Gasteiger partial charge in [0.1, 0.15) is 30.2 Å². The largest absolute Gasteiger partial charge is 0.481 e. The molecule has 3 aliphatic rings. The number of nitrogens with zero attached hydrogens (tertiary/aromatic N) is 1. The van der Waals surface area contributed by atoms with Crippen LogP contribution in [0.5, 0.6) is 0 Å². The van der Waals surface area contributed by atoms with Gasteiger partial charge in [-0.25, -0.2) is 0 Å². The van der Waals surface area contributed by atoms with E-state index in [-0.39, 0.29) is 24.8 Å². The highest BCUT2D eigenvalue weighted by atomic mass is 16.4. The molecule has 0 radical (unpaired) electrons. The molecule has 44 heavy (non-hydrogen) atoms. The van der Waals surface area contributed by atoms with Crippen LogP contribution in [0.4, 0.5) is 0 Å². The number of amides is 5. The topological polar surface area (TPSA) is 190 Å². The van der Waals surface area contributed by atoms with Crippen molar-refractivity contribution in [3.63, 3.8) is 0 Å². The summed E-state index contributed by atoms with van der Waals surface area (Å²) in [5.74, 6) is -4.85. The summed E-state index contributed by atoms with van der Waals surface area (Å²) in [5.41, 5.74) is 2.42. The van der Waals surface area contributed by atoms with Crippen molar-refractivity contribution in [1.29, 1.82) is 0 Å². The van der Waals surface area contributed by atoms with Crippen molar-refractivity contribution in [3.05, 3.63) is 35.5 Å². The summed E-state index contributed by atoms with van der Waals surface area (Å²) in [6.45, 7) is 5.59. The summed E-state index contributed by atoms with van der Waals surface area (Å²) in [5, 5.41) is 21.5. The minimum Gasteiger partial charge on any atom is -0.481 e. The second kappa shape index (κ2) is 12.7. The van der Waals surface area contributed by atoms with Crippen molar-refractivity contribution < 1.29 is 33.9 Å². The van der Waals surface area contributed by atoms with Gasteiger partial charge in [-0.15, -0.1) is 0 Å². The number of hydrogen-bond donors (Lipinski definition) is 6. The quantitative estimate of drug-likeness (QED) is 0.275. The van der Waals surface area contributed by atoms with Crippen molar-refractivity contribution in [2.24, 2.45) is 11.8 Å². The Morgan fingerprint density at radius 1 is 0.909 bits per heavy atom. The number of aryl methyl sites for hydroxylation is 1. The number of H-pyrrole nitrogens is 1. The lowest BCUT2D eigenvalue weighted by Gasteiger charge is -2.30. The molecule has 5 rings (SSSR count). The molecule has 13 nitrogen and oxygen atoms in total. The number of hydrogen-bond acceptors (Lipinski definition) is 6. The van der Waals surface area contributed by atoms with Crippen molar-refractivity contribution >= 4 is 46.4 Å². The maximum Gasteiger partial charge on any atom is 0.305 e. The number of benzene rings is 1. The molecule has 1 aromatic carbocycles. The van der Waals surface area contributed by atoms with Gasteiger partial charge in [0.05, 0.1) is 6.42 Å². The van der Waals surface area contributed by atoms with E-state index in [2.05, 4.69) is 26.3 Å². The van der Waals surface area contributed by atoms with Crippen molar-refractivity contribution in [2.45, 2.75) is 89.5 Å². The first kappa shape index (κ1) is 31.0. The monoisotopic (exact) mass is 608 g/mol. The van der Waals surface area contributed by atoms with E-state index in [4.69, 9.17) is 0 Å². The number of rotatable bonds is 6. The van der Waals surface area contributed by atoms with Gasteiger partial charge < -0.3 is 36.3 Å². The van der Waals surface area contributed by atoms with Gasteiger partial charge >= 0.3 is 5.97 Å². The van der Waals surface area contributed by atoms with Crippen LogP contribution in [0.3, 0.4) is 0 Å². The SMILES string of the molecule is Cc1[nH]c2ccccc2c1C[C@@H]1NC(=O)[C@@H](C2CC2)NC(=O)[C@@H](C(C)C)NC(=O)[C@@H]2CCCN2C(=O)[C@@H](CC(=O)O)NC1=O. The number of aromatic nitrogens is 1. The van der Waals surface area contributed by atoms with E-state index in [9.17, 15) is 33.9 Å². The highest BCUT2D eigenvalue weighted by Crippen LogP contribution is 2.33. The standard InChI is InChI=1S/C31H40N6O7/c1-15(2)25-29(42)36-26(17-10-11-17)30(43)33-21(13-19-16(3)32-20-8-5-4-7-18(19)20)27(40)34-22(14-24(38)39)31(44)37-12-6-9-23(37)28(41)35-25/h4-5,7-8,15,17,21-23,25-26,32H,6,9-14H2,1-3H3,(H,33,43)(H,34,40)(H,35,41)(H,36,42)(H,38,39)/t21-,22+,23-,25+,26+/m0/s1. The van der Waals surface area contributed by atoms with Crippen LogP contribution in [-0.4, -0.2) is 87.2 Å². The van der Waals surface area contributed by atoms with Crippen LogP contribution in [0.2, 0.25) is 0 Å². The molecule has 236 valence electrons. The first-order valence-electron chi connectivity index (χ1n) is 15.2. The molecule has 1 aromatic heterocycles. The Bertz CT molecular complexity index is 1480. The van der Waals surface area contributed by atoms with E-state index < -0.39 is 72.1 Å². The summed E-state index contributed by atoms with van der Waals surface area (Å²) >= 11 is 0. The second-order valence-electron chi connectivity index (χ2n) is 12.4. The average Bonchev–Trinajstić information content (AvgIpc) is 3.60. The van der Waals surface area contributed by atoms with Gasteiger partial charge in [0.25, 0.3) is 0 Å². The van der Waals surface area contributed by atoms with Gasteiger partial charge in [-0.1, -0.05) is 32.0 Å². The van der Waals surface area contributed by atoms with Crippen molar-refractivity contribution in [1.82, 2.24) is 31.2 Å². The predicted octanol–water partition coefficient (Wildman–Crippen LogP) is 0.503. The predicted molar refractivity (Wildman–Crippen MR) is 159 cm³/mol. The molecule has 0 bridgehead atoms. The fourth-order valence-corrected chi connectivity index (χ4v) is 6.28. The Labute approximate surface area is 254 Å². The Morgan fingerprint density at radius 3 is 2.30 bits per heavy atom. The Kier molecular flexibility index (Phi) is 8.93. The zero-order valence-electron chi connectivity index (χ0n) is 25.1. The summed E-state index contributed by atoms with van der Waals surface area (Å²) in [6, 6.07) is 2.02. The molecule has 3 fully saturated rings. The fourth-order valence-electron chi connectivity index (χ4n) is 6.28. The van der Waals surface area contributed by atoms with Gasteiger partial charge in [-0.2, -0.15) is 0 Å². The van der Waals surface area contributed by atoms with E-state index in [1.807, 2.05) is 31.2 Å². The number of nitrogens with one attached hydrogen (secondary N) is 5. The van der Waals surface area contributed by atoms with Gasteiger partial charge in [-0.3, -0.25) is 28.8 Å². The summed E-state index contributed by atoms with van der Waals surface area (Å²) in [6.07, 6.45) is 1.59. The van der Waals surface area contributed by atoms with Crippen LogP contribution in [-0.2, 0) is 35.2 Å². The highest BCUT2D eigenvalue weighted by Gasteiger charge is 2.43. The summed E-state index contributed by atoms with van der Waals surface area (Å²) in [4.78, 5) is 84.7. The number of fused-ring (bicyclic) bond motifs is 2. The Balaban J connectivity index is 1.54. The number of carboxylic acids is 1. The molecule has 2 aromatic rings. The zero-order chi connectivity index (χ0) is 31.7. The number of carbonyl (C=O) groups is 6. The van der Waals surface area contributed by atoms with Crippen LogP contribution in [0.25, 0.3) is 10.9 Å². The molecule has 0 unspecified atom stereocenters. The lowest BCUT2D eigenvalue weighted by atomic mass is 10.00. The Hall–Kier alpha value is -4.42. The number of carbonyl (C=O) groups excluding carboxylic acids is 5. The molecule has 6 N–H and O–H groups in total. The summed E-state index contributed by atoms with van der Waals surface area (Å²) < 4.78 is 0. The van der Waals surface area contributed by atoms with E-state index in [1.165, 1.54) is 4.90 Å². The molecule has 5 amide bonds. The number of carboxylic acid groups (broad SMARTS) is 1. The average molecular weight is 609 g/mol. The minimum absolute atomic E-state index is 0.0493. The van der Waals surface area contributed by atoms with E-state index in [1.54, 1.807) is 13.8 Å². The normalized spacial score (nSPS) is 27.2. The van der Waals surface area contributed by atoms with Gasteiger partial charge in [0.15, 0.2) is 0 Å². The van der Waals surface area contributed by atoms with Gasteiger partial charge in [0, 0.05) is 29.6 Å². The maximum atomic E-state index is 13.9. The molecule has 1 aliphatic carbocycles. The lowest BCUT2D eigenvalue weighted by Crippen LogP contribution is -2.59. The number of aromatic amines is 1. The van der Waals surface area contributed by atoms with Crippen LogP contribution in [0.1, 0.15) is 57.2 Å². The first-order valence-corrected chi connectivity index (χ1v) is 15.2. The zero-order valence-corrected chi connectivity index (χ0v) is 25.1. The third kappa shape index (κ3) is 6.56. The number of para-hydroxylation sites is 1. The van der Waals surface area contributed by atoms with Crippen molar-refractivity contribution in [2.75, 3.05) is 6.54 Å². The molecule has 2 saturated heterocycles. The van der Waals surface area contributed by atoms with Crippen molar-refractivity contribution in [3.8, 4) is 0 Å². The van der Waals surface area contributed by atoms with E-state index >= 15 is 0 Å². The number of aliphatic carboxylic acids is 1. The minimum atomic E-state index is -1.47. The molecule has 5 atom stereocenters. The second-order valence-corrected chi connectivity index (χ2v) is 12.4. The van der Waals surface area contributed by atoms with E-state index in [0.717, 1.165) is 22.2 Å². The fraction of sp³-hybridized carbons (Fsp3) is 0.548. The third-order valence-electron chi connectivity index (χ3n) is 8.82. The van der Waals surface area contributed by atoms with Crippen LogP contribution in [0, 0.1) is 18.8 Å². The third-order valence-corrected chi connectivity index (χ3v) is 8.82. The molecule has 0 spiro atoms. The van der Waals surface area contributed by atoms with Crippen LogP contribution < -0.4 is 21.3 Å². The summed E-state index contributed by atoms with van der Waals surface area (Å²) in [7, 11) is 0. The molecule has 3 heterocycles. The van der Waals surface area contributed by atoms with E-state index in [0.29, 0.717) is 25.7 Å². The molecular formula is C31H40N6O7. The van der Waals surface area contributed by atoms with Crippen LogP contribution >= 0.6 is 0 Å². The first-order chi connectivity index (χ1) is 20.9.